The highest BCUT2D eigenvalue weighted by Crippen LogP contribution is 2.33. The molecule has 1 unspecified atom stereocenters. The van der Waals surface area contributed by atoms with Crippen molar-refractivity contribution in [3.05, 3.63) is 57.0 Å². The molecule has 1 aliphatic heterocycles. The standard InChI is InChI=1S/C21H22Cl3N5O/c1-28-10-3-2-5-16(28)13-30-19-9-8-15(22)11-14(19)12-29-21(25-26-27-29)17-6-4-7-18(23)20(17)24/h4,6-9,11,16H,2-3,5,10,12-13H2,1H3. The second-order valence-corrected chi connectivity index (χ2v) is 8.68. The number of hydrogen-bond donors (Lipinski definition) is 0. The van der Waals surface area contributed by atoms with Crippen molar-refractivity contribution in [3.8, 4) is 17.1 Å². The van der Waals surface area contributed by atoms with Crippen molar-refractivity contribution in [2.75, 3.05) is 20.2 Å². The summed E-state index contributed by atoms with van der Waals surface area (Å²) < 4.78 is 7.88. The third kappa shape index (κ3) is 4.72. The molecule has 0 radical (unpaired) electrons. The summed E-state index contributed by atoms with van der Waals surface area (Å²) in [4.78, 5) is 2.36. The van der Waals surface area contributed by atoms with Gasteiger partial charge in [0.2, 0.25) is 0 Å². The lowest BCUT2D eigenvalue weighted by Crippen LogP contribution is -2.40. The smallest absolute Gasteiger partial charge is 0.183 e. The minimum atomic E-state index is 0.390. The Hall–Kier alpha value is -1.86. The molecule has 2 aromatic carbocycles. The Kier molecular flexibility index (Phi) is 6.78. The van der Waals surface area contributed by atoms with E-state index in [-0.39, 0.29) is 0 Å². The third-order valence-corrected chi connectivity index (χ3v) is 6.47. The predicted octanol–water partition coefficient (Wildman–Crippen LogP) is 5.21. The Morgan fingerprint density at radius 3 is 2.83 bits per heavy atom. The van der Waals surface area contributed by atoms with Gasteiger partial charge in [0.25, 0.3) is 0 Å². The van der Waals surface area contributed by atoms with Crippen LogP contribution in [0.3, 0.4) is 0 Å². The number of benzene rings is 2. The van der Waals surface area contributed by atoms with E-state index in [1.807, 2.05) is 30.3 Å². The number of aromatic nitrogens is 4. The van der Waals surface area contributed by atoms with Gasteiger partial charge in [0.1, 0.15) is 12.4 Å². The van der Waals surface area contributed by atoms with Crippen molar-refractivity contribution >= 4 is 34.8 Å². The first-order chi connectivity index (χ1) is 14.5. The molecule has 6 nitrogen and oxygen atoms in total. The maximum Gasteiger partial charge on any atom is 0.183 e. The zero-order valence-corrected chi connectivity index (χ0v) is 18.8. The Labute approximate surface area is 190 Å². The summed E-state index contributed by atoms with van der Waals surface area (Å²) in [5.41, 5.74) is 1.56. The normalized spacial score (nSPS) is 17.3. The number of tetrazole rings is 1. The van der Waals surface area contributed by atoms with Crippen LogP contribution in [-0.2, 0) is 6.54 Å². The van der Waals surface area contributed by atoms with Crippen molar-refractivity contribution in [1.29, 1.82) is 0 Å². The van der Waals surface area contributed by atoms with Gasteiger partial charge in [-0.25, -0.2) is 4.68 Å². The van der Waals surface area contributed by atoms with Crippen LogP contribution in [0, 0.1) is 0 Å². The molecule has 1 aromatic heterocycles. The molecule has 0 aliphatic carbocycles. The summed E-state index contributed by atoms with van der Waals surface area (Å²) in [7, 11) is 2.15. The van der Waals surface area contributed by atoms with E-state index < -0.39 is 0 Å². The molecule has 1 aliphatic rings. The second-order valence-electron chi connectivity index (χ2n) is 7.45. The van der Waals surface area contributed by atoms with Crippen LogP contribution in [0.1, 0.15) is 24.8 Å². The maximum atomic E-state index is 6.37. The summed E-state index contributed by atoms with van der Waals surface area (Å²) in [5.74, 6) is 1.30. The van der Waals surface area contributed by atoms with Crippen LogP contribution >= 0.6 is 34.8 Å². The number of likely N-dealkylation sites (N-methyl/N-ethyl adjacent to an activating group) is 1. The molecule has 30 heavy (non-hydrogen) atoms. The molecule has 4 rings (SSSR count). The summed E-state index contributed by atoms with van der Waals surface area (Å²) in [6, 6.07) is 11.4. The molecule has 0 amide bonds. The largest absolute Gasteiger partial charge is 0.492 e. The Balaban J connectivity index is 1.58. The van der Waals surface area contributed by atoms with Gasteiger partial charge in [-0.1, -0.05) is 47.3 Å². The van der Waals surface area contributed by atoms with Crippen LogP contribution in [0.4, 0.5) is 0 Å². The molecule has 3 aromatic rings. The van der Waals surface area contributed by atoms with Crippen molar-refractivity contribution in [3.63, 3.8) is 0 Å². The molecule has 1 fully saturated rings. The van der Waals surface area contributed by atoms with Crippen LogP contribution in [0.15, 0.2) is 36.4 Å². The van der Waals surface area contributed by atoms with E-state index in [1.54, 1.807) is 10.7 Å². The van der Waals surface area contributed by atoms with Crippen LogP contribution < -0.4 is 4.74 Å². The SMILES string of the molecule is CN1CCCCC1COc1ccc(Cl)cc1Cn1nnnc1-c1cccc(Cl)c1Cl. The Bertz CT molecular complexity index is 1030. The van der Waals surface area contributed by atoms with E-state index in [2.05, 4.69) is 27.5 Å². The fraction of sp³-hybridized carbons (Fsp3) is 0.381. The highest BCUT2D eigenvalue weighted by Gasteiger charge is 2.21. The van der Waals surface area contributed by atoms with Gasteiger partial charge in [0.05, 0.1) is 16.6 Å². The number of ether oxygens (including phenoxy) is 1. The Morgan fingerprint density at radius 2 is 2.00 bits per heavy atom. The molecule has 0 bridgehead atoms. The van der Waals surface area contributed by atoms with Gasteiger partial charge in [-0.2, -0.15) is 0 Å². The first-order valence-electron chi connectivity index (χ1n) is 9.85. The van der Waals surface area contributed by atoms with E-state index in [0.29, 0.717) is 45.6 Å². The summed E-state index contributed by atoms with van der Waals surface area (Å²) in [6.07, 6.45) is 3.62. The summed E-state index contributed by atoms with van der Waals surface area (Å²) >= 11 is 18.8. The minimum absolute atomic E-state index is 0.390. The quantitative estimate of drug-likeness (QED) is 0.499. The van der Waals surface area contributed by atoms with E-state index in [9.17, 15) is 0 Å². The van der Waals surface area contributed by atoms with E-state index >= 15 is 0 Å². The molecule has 0 saturated carbocycles. The molecule has 1 saturated heterocycles. The maximum absolute atomic E-state index is 6.37. The van der Waals surface area contributed by atoms with Gasteiger partial charge in [0.15, 0.2) is 5.82 Å². The first kappa shape index (κ1) is 21.4. The molecule has 0 N–H and O–H groups in total. The lowest BCUT2D eigenvalue weighted by atomic mass is 10.0. The second kappa shape index (κ2) is 9.52. The zero-order valence-electron chi connectivity index (χ0n) is 16.6. The fourth-order valence-electron chi connectivity index (χ4n) is 3.69. The van der Waals surface area contributed by atoms with Crippen molar-refractivity contribution in [2.24, 2.45) is 0 Å². The molecular weight excluding hydrogens is 445 g/mol. The number of hydrogen-bond acceptors (Lipinski definition) is 5. The molecule has 2 heterocycles. The average Bonchev–Trinajstić information content (AvgIpc) is 3.18. The first-order valence-corrected chi connectivity index (χ1v) is 11.0. The van der Waals surface area contributed by atoms with E-state index in [0.717, 1.165) is 24.3 Å². The van der Waals surface area contributed by atoms with Crippen molar-refractivity contribution < 1.29 is 4.74 Å². The molecule has 0 spiro atoms. The highest BCUT2D eigenvalue weighted by molar-refractivity contribution is 6.43. The number of likely N-dealkylation sites (tertiary alicyclic amines) is 1. The van der Waals surface area contributed by atoms with Crippen molar-refractivity contribution in [2.45, 2.75) is 31.8 Å². The number of halogens is 3. The monoisotopic (exact) mass is 465 g/mol. The topological polar surface area (TPSA) is 56.1 Å². The van der Waals surface area contributed by atoms with E-state index in [1.165, 1.54) is 12.8 Å². The lowest BCUT2D eigenvalue weighted by Gasteiger charge is -2.32. The third-order valence-electron chi connectivity index (χ3n) is 5.42. The fourth-order valence-corrected chi connectivity index (χ4v) is 4.27. The summed E-state index contributed by atoms with van der Waals surface area (Å²) in [6.45, 7) is 2.13. The van der Waals surface area contributed by atoms with Crippen LogP contribution in [0.25, 0.3) is 11.4 Å². The number of rotatable bonds is 6. The van der Waals surface area contributed by atoms with Gasteiger partial charge >= 0.3 is 0 Å². The van der Waals surface area contributed by atoms with Gasteiger partial charge < -0.3 is 9.64 Å². The Morgan fingerprint density at radius 1 is 1.13 bits per heavy atom. The molecule has 1 atom stereocenters. The predicted molar refractivity (Wildman–Crippen MR) is 120 cm³/mol. The lowest BCUT2D eigenvalue weighted by molar-refractivity contribution is 0.124. The van der Waals surface area contributed by atoms with Gasteiger partial charge in [-0.15, -0.1) is 5.10 Å². The summed E-state index contributed by atoms with van der Waals surface area (Å²) in [5, 5.41) is 13.6. The van der Waals surface area contributed by atoms with Gasteiger partial charge in [-0.05, 0) is 67.2 Å². The van der Waals surface area contributed by atoms with Crippen LogP contribution in [-0.4, -0.2) is 51.3 Å². The molecular formula is C21H22Cl3N5O. The van der Waals surface area contributed by atoms with Gasteiger partial charge in [0, 0.05) is 22.2 Å². The van der Waals surface area contributed by atoms with Gasteiger partial charge in [-0.3, -0.25) is 0 Å². The van der Waals surface area contributed by atoms with E-state index in [4.69, 9.17) is 39.5 Å². The number of piperidine rings is 1. The zero-order chi connectivity index (χ0) is 21.1. The molecule has 158 valence electrons. The minimum Gasteiger partial charge on any atom is -0.492 e. The highest BCUT2D eigenvalue weighted by atomic mass is 35.5. The molecule has 9 heteroatoms. The number of nitrogens with zero attached hydrogens (tertiary/aromatic N) is 5. The average molecular weight is 467 g/mol. The van der Waals surface area contributed by atoms with Crippen molar-refractivity contribution in [1.82, 2.24) is 25.1 Å². The van der Waals surface area contributed by atoms with Crippen LogP contribution in [0.2, 0.25) is 15.1 Å². The van der Waals surface area contributed by atoms with Crippen LogP contribution in [0.5, 0.6) is 5.75 Å².